The van der Waals surface area contributed by atoms with Gasteiger partial charge in [-0.25, -0.2) is 4.79 Å². The number of esters is 1. The molecule has 0 saturated carbocycles. The molecule has 2 aromatic rings. The van der Waals surface area contributed by atoms with Gasteiger partial charge in [0.15, 0.2) is 0 Å². The molecule has 4 nitrogen and oxygen atoms in total. The number of carbonyl (C=O) groups is 2. The summed E-state index contributed by atoms with van der Waals surface area (Å²) in [6, 6.07) is 11.1. The van der Waals surface area contributed by atoms with E-state index in [2.05, 4.69) is 11.4 Å². The maximum atomic E-state index is 12.2. The van der Waals surface area contributed by atoms with Gasteiger partial charge in [-0.05, 0) is 55.7 Å². The molecule has 0 aliphatic heterocycles. The van der Waals surface area contributed by atoms with Gasteiger partial charge in [0.2, 0.25) is 5.91 Å². The van der Waals surface area contributed by atoms with Crippen molar-refractivity contribution in [2.75, 3.05) is 12.4 Å². The van der Waals surface area contributed by atoms with E-state index in [9.17, 15) is 9.59 Å². The first-order chi connectivity index (χ1) is 11.4. The predicted octanol–water partition coefficient (Wildman–Crippen LogP) is 4.05. The quantitative estimate of drug-likeness (QED) is 0.682. The first kappa shape index (κ1) is 17.5. The zero-order valence-corrected chi connectivity index (χ0v) is 14.3. The maximum Gasteiger partial charge on any atom is 0.337 e. The normalized spacial score (nSPS) is 10.7. The highest BCUT2D eigenvalue weighted by atomic mass is 16.5. The second-order valence-corrected chi connectivity index (χ2v) is 5.70. The molecule has 2 aromatic carbocycles. The van der Waals surface area contributed by atoms with E-state index >= 15 is 0 Å². The fraction of sp³-hybridized carbons (Fsp3) is 0.200. The second kappa shape index (κ2) is 7.59. The van der Waals surface area contributed by atoms with Crippen molar-refractivity contribution in [1.82, 2.24) is 0 Å². The van der Waals surface area contributed by atoms with Crippen LogP contribution in [0.2, 0.25) is 0 Å². The molecule has 0 fully saturated rings. The van der Waals surface area contributed by atoms with Crippen LogP contribution in [0, 0.1) is 20.8 Å². The van der Waals surface area contributed by atoms with Crippen LogP contribution in [-0.4, -0.2) is 19.0 Å². The average molecular weight is 323 g/mol. The van der Waals surface area contributed by atoms with E-state index in [-0.39, 0.29) is 5.91 Å². The van der Waals surface area contributed by atoms with Crippen LogP contribution < -0.4 is 5.32 Å². The summed E-state index contributed by atoms with van der Waals surface area (Å²) in [5.74, 6) is -0.684. The Kier molecular flexibility index (Phi) is 5.53. The maximum absolute atomic E-state index is 12.2. The Labute approximate surface area is 142 Å². The number of amides is 1. The van der Waals surface area contributed by atoms with Gasteiger partial charge in [-0.15, -0.1) is 0 Å². The number of aryl methyl sites for hydroxylation is 3. The molecule has 0 aliphatic carbocycles. The van der Waals surface area contributed by atoms with Crippen LogP contribution in [0.25, 0.3) is 6.08 Å². The highest BCUT2D eigenvalue weighted by Crippen LogP contribution is 2.18. The van der Waals surface area contributed by atoms with Crippen molar-refractivity contribution in [3.8, 4) is 0 Å². The first-order valence-electron chi connectivity index (χ1n) is 7.66. The molecule has 0 aliphatic rings. The number of hydrogen-bond acceptors (Lipinski definition) is 3. The van der Waals surface area contributed by atoms with Gasteiger partial charge in [0.05, 0.1) is 12.7 Å². The molecule has 0 bridgehead atoms. The van der Waals surface area contributed by atoms with Crippen molar-refractivity contribution in [3.63, 3.8) is 0 Å². The molecule has 0 radical (unpaired) electrons. The molecule has 0 heterocycles. The fourth-order valence-corrected chi connectivity index (χ4v) is 2.35. The topological polar surface area (TPSA) is 55.4 Å². The highest BCUT2D eigenvalue weighted by Gasteiger charge is 2.09. The van der Waals surface area contributed by atoms with Crippen LogP contribution in [0.1, 0.15) is 32.6 Å². The van der Waals surface area contributed by atoms with Gasteiger partial charge in [0, 0.05) is 11.8 Å². The third kappa shape index (κ3) is 4.32. The standard InChI is InChI=1S/C20H21NO3/c1-13-5-7-16(15(3)11-13)9-10-19(22)21-18-12-17(20(23)24-4)8-6-14(18)2/h5-12H,1-4H3,(H,21,22)/b10-9+. The molecule has 24 heavy (non-hydrogen) atoms. The van der Waals surface area contributed by atoms with Gasteiger partial charge in [0.1, 0.15) is 0 Å². The number of anilines is 1. The van der Waals surface area contributed by atoms with Gasteiger partial charge in [-0.3, -0.25) is 4.79 Å². The first-order valence-corrected chi connectivity index (χ1v) is 7.66. The van der Waals surface area contributed by atoms with Crippen LogP contribution in [0.15, 0.2) is 42.5 Å². The number of benzene rings is 2. The molecule has 2 rings (SSSR count). The van der Waals surface area contributed by atoms with Gasteiger partial charge in [0.25, 0.3) is 0 Å². The average Bonchev–Trinajstić information content (AvgIpc) is 2.55. The molecule has 1 amide bonds. The van der Waals surface area contributed by atoms with Gasteiger partial charge >= 0.3 is 5.97 Å². The van der Waals surface area contributed by atoms with Crippen LogP contribution in [0.5, 0.6) is 0 Å². The van der Waals surface area contributed by atoms with Gasteiger partial charge in [-0.1, -0.05) is 29.8 Å². The minimum absolute atomic E-state index is 0.250. The number of carbonyl (C=O) groups excluding carboxylic acids is 2. The zero-order valence-electron chi connectivity index (χ0n) is 14.3. The number of methoxy groups -OCH3 is 1. The lowest BCUT2D eigenvalue weighted by Crippen LogP contribution is -2.10. The van der Waals surface area contributed by atoms with E-state index in [4.69, 9.17) is 4.74 Å². The van der Waals surface area contributed by atoms with Crippen LogP contribution >= 0.6 is 0 Å². The molecular weight excluding hydrogens is 302 g/mol. The lowest BCUT2D eigenvalue weighted by atomic mass is 10.1. The largest absolute Gasteiger partial charge is 0.465 e. The Morgan fingerprint density at radius 3 is 2.42 bits per heavy atom. The summed E-state index contributed by atoms with van der Waals surface area (Å²) in [6.07, 6.45) is 3.27. The molecular formula is C20H21NO3. The summed E-state index contributed by atoms with van der Waals surface area (Å²) < 4.78 is 4.70. The molecule has 1 N–H and O–H groups in total. The van der Waals surface area contributed by atoms with E-state index in [1.54, 1.807) is 24.3 Å². The van der Waals surface area contributed by atoms with E-state index in [1.165, 1.54) is 18.7 Å². The van der Waals surface area contributed by atoms with Crippen molar-refractivity contribution in [2.45, 2.75) is 20.8 Å². The van der Waals surface area contributed by atoms with E-state index < -0.39 is 5.97 Å². The fourth-order valence-electron chi connectivity index (χ4n) is 2.35. The predicted molar refractivity (Wildman–Crippen MR) is 96.1 cm³/mol. The monoisotopic (exact) mass is 323 g/mol. The minimum atomic E-state index is -0.434. The van der Waals surface area contributed by atoms with Crippen molar-refractivity contribution in [2.24, 2.45) is 0 Å². The van der Waals surface area contributed by atoms with Crippen molar-refractivity contribution < 1.29 is 14.3 Å². The molecule has 4 heteroatoms. The molecule has 0 unspecified atom stereocenters. The third-order valence-electron chi connectivity index (χ3n) is 3.76. The summed E-state index contributed by atoms with van der Waals surface area (Å²) in [5.41, 5.74) is 5.16. The molecule has 0 atom stereocenters. The summed E-state index contributed by atoms with van der Waals surface area (Å²) in [4.78, 5) is 23.7. The van der Waals surface area contributed by atoms with Crippen molar-refractivity contribution in [1.29, 1.82) is 0 Å². The second-order valence-electron chi connectivity index (χ2n) is 5.70. The smallest absolute Gasteiger partial charge is 0.337 e. The SMILES string of the molecule is COC(=O)c1ccc(C)c(NC(=O)/C=C/c2ccc(C)cc2C)c1. The lowest BCUT2D eigenvalue weighted by molar-refractivity contribution is -0.111. The van der Waals surface area contributed by atoms with Crippen LogP contribution in [-0.2, 0) is 9.53 Å². The summed E-state index contributed by atoms with van der Waals surface area (Å²) >= 11 is 0. The Morgan fingerprint density at radius 1 is 1.00 bits per heavy atom. The zero-order chi connectivity index (χ0) is 17.7. The van der Waals surface area contributed by atoms with E-state index in [1.807, 2.05) is 32.9 Å². The van der Waals surface area contributed by atoms with Gasteiger partial charge in [-0.2, -0.15) is 0 Å². The Balaban J connectivity index is 2.14. The molecule has 0 aromatic heterocycles. The lowest BCUT2D eigenvalue weighted by Gasteiger charge is -2.08. The Bertz CT molecular complexity index is 807. The molecule has 0 spiro atoms. The van der Waals surface area contributed by atoms with E-state index in [0.717, 1.165) is 16.7 Å². The number of ether oxygens (including phenoxy) is 1. The summed E-state index contributed by atoms with van der Waals surface area (Å²) in [7, 11) is 1.33. The summed E-state index contributed by atoms with van der Waals surface area (Å²) in [5, 5.41) is 2.80. The van der Waals surface area contributed by atoms with Crippen LogP contribution in [0.3, 0.4) is 0 Å². The Morgan fingerprint density at radius 2 is 1.75 bits per heavy atom. The molecule has 124 valence electrons. The van der Waals surface area contributed by atoms with E-state index in [0.29, 0.717) is 11.3 Å². The number of nitrogens with one attached hydrogen (secondary N) is 1. The third-order valence-corrected chi connectivity index (χ3v) is 3.76. The Hall–Kier alpha value is -2.88. The number of hydrogen-bond donors (Lipinski definition) is 1. The van der Waals surface area contributed by atoms with Gasteiger partial charge < -0.3 is 10.1 Å². The summed E-state index contributed by atoms with van der Waals surface area (Å²) in [6.45, 7) is 5.91. The number of rotatable bonds is 4. The minimum Gasteiger partial charge on any atom is -0.465 e. The highest BCUT2D eigenvalue weighted by molar-refractivity contribution is 6.03. The van der Waals surface area contributed by atoms with Crippen molar-refractivity contribution >= 4 is 23.6 Å². The van der Waals surface area contributed by atoms with Crippen LogP contribution in [0.4, 0.5) is 5.69 Å². The molecule has 0 saturated heterocycles. The van der Waals surface area contributed by atoms with Crippen molar-refractivity contribution in [3.05, 3.63) is 70.3 Å².